The zero-order valence-corrected chi connectivity index (χ0v) is 8.71. The molecule has 0 aromatic carbocycles. The molecular weight excluding hydrogens is 202 g/mol. The minimum Gasteiger partial charge on any atom is -0.247 e. The zero-order valence-electron chi connectivity index (χ0n) is 7.96. The van der Waals surface area contributed by atoms with Gasteiger partial charge in [0.1, 0.15) is 5.82 Å². The van der Waals surface area contributed by atoms with Crippen LogP contribution in [-0.2, 0) is 13.0 Å². The van der Waals surface area contributed by atoms with Crippen molar-refractivity contribution in [3.63, 3.8) is 0 Å². The van der Waals surface area contributed by atoms with Crippen molar-refractivity contribution in [3.05, 3.63) is 16.7 Å². The molecule has 0 N–H and O–H groups in total. The number of hydrogen-bond donors (Lipinski definition) is 0. The minimum absolute atomic E-state index is 0.231. The Kier molecular flexibility index (Phi) is 2.46. The maximum atomic E-state index is 11.4. The van der Waals surface area contributed by atoms with Crippen LogP contribution in [0.4, 0.5) is 4.79 Å². The lowest BCUT2D eigenvalue weighted by Crippen LogP contribution is -2.14. The third-order valence-corrected chi connectivity index (χ3v) is 2.61. The summed E-state index contributed by atoms with van der Waals surface area (Å²) in [5, 5.41) is 4.22. The molecule has 2 heterocycles. The van der Waals surface area contributed by atoms with Gasteiger partial charge in [0.2, 0.25) is 0 Å². The molecular formula is C9H11ClN3O. The van der Waals surface area contributed by atoms with Gasteiger partial charge in [0.25, 0.3) is 0 Å². The molecule has 0 saturated heterocycles. The first kappa shape index (κ1) is 9.52. The number of unbranched alkanes of at least 4 members (excludes halogenated alkanes) is 1. The van der Waals surface area contributed by atoms with E-state index in [1.54, 1.807) is 0 Å². The van der Waals surface area contributed by atoms with Gasteiger partial charge in [-0.1, -0.05) is 24.9 Å². The first-order chi connectivity index (χ1) is 6.74. The van der Waals surface area contributed by atoms with Crippen LogP contribution in [-0.4, -0.2) is 15.6 Å². The topological polar surface area (TPSA) is 49.0 Å². The van der Waals surface area contributed by atoms with Gasteiger partial charge in [-0.15, -0.1) is 0 Å². The summed E-state index contributed by atoms with van der Waals surface area (Å²) in [6, 6.07) is -0.231. The highest BCUT2D eigenvalue weighted by Gasteiger charge is 2.27. The molecule has 1 aromatic heterocycles. The Morgan fingerprint density at radius 1 is 1.57 bits per heavy atom. The van der Waals surface area contributed by atoms with Crippen molar-refractivity contribution in [1.82, 2.24) is 14.9 Å². The second-order valence-electron chi connectivity index (χ2n) is 3.30. The van der Waals surface area contributed by atoms with Gasteiger partial charge in [0, 0.05) is 6.42 Å². The van der Waals surface area contributed by atoms with E-state index in [0.717, 1.165) is 30.8 Å². The van der Waals surface area contributed by atoms with Gasteiger partial charge >= 0.3 is 6.03 Å². The van der Waals surface area contributed by atoms with Crippen LogP contribution in [0, 0.1) is 0 Å². The number of halogens is 1. The normalized spacial score (nSPS) is 14.3. The van der Waals surface area contributed by atoms with E-state index in [9.17, 15) is 4.79 Å². The van der Waals surface area contributed by atoms with Crippen LogP contribution in [0.1, 0.15) is 31.3 Å². The molecule has 75 valence electrons. The second kappa shape index (κ2) is 3.61. The van der Waals surface area contributed by atoms with E-state index in [0.29, 0.717) is 11.7 Å². The molecule has 1 radical (unpaired) electrons. The van der Waals surface area contributed by atoms with Crippen LogP contribution in [0.3, 0.4) is 0 Å². The van der Waals surface area contributed by atoms with Crippen molar-refractivity contribution in [3.8, 4) is 0 Å². The first-order valence-corrected chi connectivity index (χ1v) is 5.09. The highest BCUT2D eigenvalue weighted by Crippen LogP contribution is 2.22. The van der Waals surface area contributed by atoms with Crippen molar-refractivity contribution in [2.45, 2.75) is 32.7 Å². The summed E-state index contributed by atoms with van der Waals surface area (Å²) in [5.41, 5.74) is 0.739. The van der Waals surface area contributed by atoms with Gasteiger partial charge < -0.3 is 0 Å². The number of aryl methyl sites for hydroxylation is 1. The highest BCUT2D eigenvalue weighted by atomic mass is 35.5. The molecule has 1 aromatic rings. The third kappa shape index (κ3) is 1.39. The fraction of sp³-hybridized carbons (Fsp3) is 0.556. The van der Waals surface area contributed by atoms with E-state index in [-0.39, 0.29) is 6.03 Å². The van der Waals surface area contributed by atoms with Crippen molar-refractivity contribution in [1.29, 1.82) is 0 Å². The van der Waals surface area contributed by atoms with E-state index in [2.05, 4.69) is 17.2 Å². The largest absolute Gasteiger partial charge is 0.349 e. The maximum Gasteiger partial charge on any atom is 0.349 e. The molecule has 1 amide bonds. The summed E-state index contributed by atoms with van der Waals surface area (Å²) in [6.07, 6.45) is 2.88. The Balaban J connectivity index is 2.32. The Hall–Kier alpha value is -1.03. The highest BCUT2D eigenvalue weighted by molar-refractivity contribution is 6.30. The molecule has 0 spiro atoms. The molecule has 0 fully saturated rings. The molecule has 14 heavy (non-hydrogen) atoms. The van der Waals surface area contributed by atoms with E-state index < -0.39 is 0 Å². The van der Waals surface area contributed by atoms with E-state index in [1.807, 2.05) is 0 Å². The Morgan fingerprint density at radius 3 is 3.07 bits per heavy atom. The van der Waals surface area contributed by atoms with Gasteiger partial charge in [-0.25, -0.2) is 19.7 Å². The van der Waals surface area contributed by atoms with Crippen molar-refractivity contribution in [2.24, 2.45) is 0 Å². The average molecular weight is 213 g/mol. The fourth-order valence-corrected chi connectivity index (χ4v) is 1.80. The molecule has 1 aliphatic rings. The van der Waals surface area contributed by atoms with E-state index >= 15 is 0 Å². The van der Waals surface area contributed by atoms with Crippen LogP contribution in [0.5, 0.6) is 0 Å². The number of fused-ring (bicyclic) bond motifs is 1. The Bertz CT molecular complexity index is 372. The lowest BCUT2D eigenvalue weighted by molar-refractivity contribution is 0.245. The molecule has 0 saturated carbocycles. The molecule has 2 rings (SSSR count). The molecule has 4 nitrogen and oxygen atoms in total. The summed E-state index contributed by atoms with van der Waals surface area (Å²) in [5.74, 6) is 0.748. The van der Waals surface area contributed by atoms with E-state index in [1.165, 1.54) is 4.57 Å². The summed E-state index contributed by atoms with van der Waals surface area (Å²) < 4.78 is 1.54. The smallest absolute Gasteiger partial charge is 0.247 e. The quantitative estimate of drug-likeness (QED) is 0.769. The Labute approximate surface area is 87.3 Å². The summed E-state index contributed by atoms with van der Waals surface area (Å²) in [6.45, 7) is 2.47. The van der Waals surface area contributed by atoms with Crippen molar-refractivity contribution in [2.75, 3.05) is 0 Å². The first-order valence-electron chi connectivity index (χ1n) is 4.72. The average Bonchev–Trinajstić information content (AvgIpc) is 2.67. The number of nitrogens with zero attached hydrogens (tertiary/aromatic N) is 3. The number of rotatable bonds is 3. The lowest BCUT2D eigenvalue weighted by Gasteiger charge is -1.99. The standard InChI is InChI=1S/C9H11ClN3O/c1-2-3-4-7-12-8(10)6-5-11-9(14)13(6)7/h2-5H2,1H3. The summed E-state index contributed by atoms with van der Waals surface area (Å²) >= 11 is 5.89. The number of aromatic nitrogens is 2. The summed E-state index contributed by atoms with van der Waals surface area (Å²) in [4.78, 5) is 15.5. The monoisotopic (exact) mass is 212 g/mol. The molecule has 0 bridgehead atoms. The van der Waals surface area contributed by atoms with Gasteiger partial charge in [0.15, 0.2) is 5.15 Å². The number of imidazole rings is 1. The molecule has 0 unspecified atom stereocenters. The third-order valence-electron chi connectivity index (χ3n) is 2.30. The van der Waals surface area contributed by atoms with Crippen LogP contribution in [0.2, 0.25) is 5.15 Å². The zero-order chi connectivity index (χ0) is 10.1. The second-order valence-corrected chi connectivity index (χ2v) is 3.66. The molecule has 1 aliphatic heterocycles. The fourth-order valence-electron chi connectivity index (χ4n) is 1.55. The molecule has 0 aliphatic carbocycles. The predicted octanol–water partition coefficient (Wildman–Crippen LogP) is 1.97. The Morgan fingerprint density at radius 2 is 2.36 bits per heavy atom. The van der Waals surface area contributed by atoms with Crippen molar-refractivity contribution >= 4 is 17.6 Å². The SMILES string of the molecule is CCCCc1nc(Cl)c2n1C(=O)[N]C2. The number of hydrogen-bond acceptors (Lipinski definition) is 2. The van der Waals surface area contributed by atoms with Crippen LogP contribution < -0.4 is 5.32 Å². The van der Waals surface area contributed by atoms with E-state index in [4.69, 9.17) is 11.6 Å². The van der Waals surface area contributed by atoms with Gasteiger partial charge in [0.05, 0.1) is 12.2 Å². The van der Waals surface area contributed by atoms with Crippen LogP contribution in [0.15, 0.2) is 0 Å². The van der Waals surface area contributed by atoms with Crippen molar-refractivity contribution < 1.29 is 4.79 Å². The molecule has 5 heteroatoms. The predicted molar refractivity (Wildman–Crippen MR) is 52.5 cm³/mol. The van der Waals surface area contributed by atoms with Gasteiger partial charge in [-0.3, -0.25) is 0 Å². The lowest BCUT2D eigenvalue weighted by atomic mass is 10.2. The van der Waals surface area contributed by atoms with Crippen LogP contribution in [0.25, 0.3) is 0 Å². The van der Waals surface area contributed by atoms with Gasteiger partial charge in [-0.05, 0) is 6.42 Å². The minimum atomic E-state index is -0.231. The van der Waals surface area contributed by atoms with Crippen LogP contribution >= 0.6 is 11.6 Å². The molecule has 0 atom stereocenters. The number of carbonyl (C=O) groups is 1. The number of amides is 1. The maximum absolute atomic E-state index is 11.4. The summed E-state index contributed by atoms with van der Waals surface area (Å²) in [7, 11) is 0. The number of carbonyl (C=O) groups excluding carboxylic acids is 1. The van der Waals surface area contributed by atoms with Gasteiger partial charge in [-0.2, -0.15) is 0 Å².